The molecule has 0 saturated carbocycles. The van der Waals surface area contributed by atoms with Crippen molar-refractivity contribution in [3.63, 3.8) is 0 Å². The summed E-state index contributed by atoms with van der Waals surface area (Å²) in [5.74, 6) is 0. The van der Waals surface area contributed by atoms with Gasteiger partial charge in [0.2, 0.25) is 10.0 Å². The average Bonchev–Trinajstić information content (AvgIpc) is 2.42. The first-order chi connectivity index (χ1) is 9.29. The Morgan fingerprint density at radius 2 is 1.85 bits per heavy atom. The van der Waals surface area contributed by atoms with E-state index in [0.29, 0.717) is 10.0 Å². The first kappa shape index (κ1) is 17.6. The van der Waals surface area contributed by atoms with Gasteiger partial charge in [-0.1, -0.05) is 19.9 Å². The summed E-state index contributed by atoms with van der Waals surface area (Å²) in [4.78, 5) is 0.218. The van der Waals surface area contributed by atoms with Gasteiger partial charge in [0.1, 0.15) is 0 Å². The number of hydrogen-bond acceptors (Lipinski definition) is 3. The molecule has 0 heterocycles. The van der Waals surface area contributed by atoms with Gasteiger partial charge >= 0.3 is 0 Å². The van der Waals surface area contributed by atoms with Crippen molar-refractivity contribution in [2.45, 2.75) is 51.2 Å². The molecule has 0 aliphatic rings. The highest BCUT2D eigenvalue weighted by molar-refractivity contribution is 9.10. The molecule has 4 nitrogen and oxygen atoms in total. The van der Waals surface area contributed by atoms with Crippen molar-refractivity contribution in [3.05, 3.63) is 27.7 Å². The van der Waals surface area contributed by atoms with Gasteiger partial charge < -0.3 is 5.11 Å². The van der Waals surface area contributed by atoms with Crippen LogP contribution >= 0.6 is 15.9 Å². The maximum atomic E-state index is 12.7. The summed E-state index contributed by atoms with van der Waals surface area (Å²) in [6, 6.07) is 3.29. The van der Waals surface area contributed by atoms with Gasteiger partial charge in [-0.3, -0.25) is 0 Å². The summed E-state index contributed by atoms with van der Waals surface area (Å²) in [7, 11) is -1.96. The van der Waals surface area contributed by atoms with Crippen molar-refractivity contribution < 1.29 is 13.5 Å². The highest BCUT2D eigenvalue weighted by Crippen LogP contribution is 2.30. The number of rotatable bonds is 6. The fourth-order valence-corrected chi connectivity index (χ4v) is 4.77. The van der Waals surface area contributed by atoms with E-state index in [-0.39, 0.29) is 17.5 Å². The zero-order chi connectivity index (χ0) is 15.5. The van der Waals surface area contributed by atoms with E-state index in [1.165, 1.54) is 10.4 Å². The van der Waals surface area contributed by atoms with Gasteiger partial charge in [-0.15, -0.1) is 0 Å². The first-order valence-corrected chi connectivity index (χ1v) is 8.90. The minimum Gasteiger partial charge on any atom is -0.392 e. The summed E-state index contributed by atoms with van der Waals surface area (Å²) in [6.07, 6.45) is 1.53. The van der Waals surface area contributed by atoms with Crippen LogP contribution in [0.15, 0.2) is 21.5 Å². The fraction of sp³-hybridized carbons (Fsp3) is 0.571. The molecule has 0 spiro atoms. The van der Waals surface area contributed by atoms with E-state index in [1.807, 2.05) is 20.8 Å². The molecular weight excluding hydrogens is 342 g/mol. The van der Waals surface area contributed by atoms with Gasteiger partial charge in [-0.25, -0.2) is 8.42 Å². The van der Waals surface area contributed by atoms with Crippen molar-refractivity contribution in [1.82, 2.24) is 4.31 Å². The Balaban J connectivity index is 3.38. The summed E-state index contributed by atoms with van der Waals surface area (Å²) in [6.45, 7) is 5.60. The molecule has 1 N–H and O–H groups in total. The summed E-state index contributed by atoms with van der Waals surface area (Å²) < 4.78 is 27.5. The van der Waals surface area contributed by atoms with Crippen LogP contribution in [0.1, 0.15) is 37.8 Å². The van der Waals surface area contributed by atoms with Gasteiger partial charge in [0.25, 0.3) is 0 Å². The number of aliphatic hydroxyl groups is 1. The highest BCUT2D eigenvalue weighted by atomic mass is 79.9. The summed E-state index contributed by atoms with van der Waals surface area (Å²) in [5, 5.41) is 9.26. The average molecular weight is 364 g/mol. The second kappa shape index (κ2) is 7.02. The Kier molecular flexibility index (Phi) is 6.19. The Morgan fingerprint density at radius 1 is 1.30 bits per heavy atom. The SMILES string of the molecule is CCC(CC)N(C)S(=O)(=O)c1cc(CO)cc(C)c1Br. The Hall–Kier alpha value is -0.430. The van der Waals surface area contributed by atoms with E-state index >= 15 is 0 Å². The van der Waals surface area contributed by atoms with Gasteiger partial charge in [-0.2, -0.15) is 4.31 Å². The lowest BCUT2D eigenvalue weighted by Gasteiger charge is -2.26. The molecule has 20 heavy (non-hydrogen) atoms. The molecule has 0 aromatic heterocycles. The molecule has 6 heteroatoms. The number of halogens is 1. The van der Waals surface area contributed by atoms with Gasteiger partial charge in [-0.05, 0) is 52.9 Å². The molecule has 0 fully saturated rings. The standard InChI is InChI=1S/C14H22BrNO3S/c1-5-12(6-2)16(4)20(18,19)13-8-11(9-17)7-10(3)14(13)15/h7-8,12,17H,5-6,9H2,1-4H3. The maximum Gasteiger partial charge on any atom is 0.244 e. The number of sulfonamides is 1. The predicted molar refractivity (Wildman–Crippen MR) is 84.1 cm³/mol. The molecule has 114 valence electrons. The third-order valence-corrected chi connectivity index (χ3v) is 6.83. The third-order valence-electron chi connectivity index (χ3n) is 3.58. The minimum atomic E-state index is -3.57. The van der Waals surface area contributed by atoms with Crippen molar-refractivity contribution in [2.24, 2.45) is 0 Å². The molecule has 0 aliphatic carbocycles. The third kappa shape index (κ3) is 3.42. The molecule has 1 aromatic carbocycles. The minimum absolute atomic E-state index is 0.0232. The lowest BCUT2D eigenvalue weighted by molar-refractivity contribution is 0.281. The first-order valence-electron chi connectivity index (χ1n) is 6.67. The fourth-order valence-electron chi connectivity index (χ4n) is 2.24. The van der Waals surface area contributed by atoms with Crippen LogP contribution < -0.4 is 0 Å². The quantitative estimate of drug-likeness (QED) is 0.844. The number of nitrogens with zero attached hydrogens (tertiary/aromatic N) is 1. The molecule has 1 aromatic rings. The van der Waals surface area contributed by atoms with Crippen LogP contribution in [0, 0.1) is 6.92 Å². The number of hydrogen-bond donors (Lipinski definition) is 1. The van der Waals surface area contributed by atoms with Crippen LogP contribution in [0.2, 0.25) is 0 Å². The van der Waals surface area contributed by atoms with E-state index in [0.717, 1.165) is 18.4 Å². The van der Waals surface area contributed by atoms with E-state index < -0.39 is 10.0 Å². The van der Waals surface area contributed by atoms with Crippen molar-refractivity contribution in [1.29, 1.82) is 0 Å². The number of aliphatic hydroxyl groups excluding tert-OH is 1. The van der Waals surface area contributed by atoms with Crippen LogP contribution in [0.5, 0.6) is 0 Å². The molecule has 1 rings (SSSR count). The van der Waals surface area contributed by atoms with Crippen LogP contribution in [0.3, 0.4) is 0 Å². The maximum absolute atomic E-state index is 12.7. The topological polar surface area (TPSA) is 57.6 Å². The van der Waals surface area contributed by atoms with E-state index in [9.17, 15) is 13.5 Å². The highest BCUT2D eigenvalue weighted by Gasteiger charge is 2.28. The molecule has 0 saturated heterocycles. The molecule has 0 amide bonds. The predicted octanol–water partition coefficient (Wildman–Crippen LogP) is 3.06. The smallest absolute Gasteiger partial charge is 0.244 e. The zero-order valence-electron chi connectivity index (χ0n) is 12.4. The van der Waals surface area contributed by atoms with Gasteiger partial charge in [0.15, 0.2) is 0 Å². The van der Waals surface area contributed by atoms with Gasteiger partial charge in [0.05, 0.1) is 11.5 Å². The molecular formula is C14H22BrNO3S. The number of benzene rings is 1. The van der Waals surface area contributed by atoms with E-state index in [1.54, 1.807) is 13.1 Å². The Bertz CT molecular complexity index is 568. The Labute approximate surface area is 130 Å². The monoisotopic (exact) mass is 363 g/mol. The van der Waals surface area contributed by atoms with Crippen molar-refractivity contribution in [2.75, 3.05) is 7.05 Å². The molecule has 0 unspecified atom stereocenters. The zero-order valence-corrected chi connectivity index (χ0v) is 14.8. The molecule has 0 bridgehead atoms. The van der Waals surface area contributed by atoms with E-state index in [4.69, 9.17) is 0 Å². The van der Waals surface area contributed by atoms with Crippen LogP contribution in [-0.2, 0) is 16.6 Å². The molecule has 0 radical (unpaired) electrons. The second-order valence-electron chi connectivity index (χ2n) is 4.87. The lowest BCUT2D eigenvalue weighted by Crippen LogP contribution is -2.36. The second-order valence-corrected chi connectivity index (χ2v) is 7.63. The summed E-state index contributed by atoms with van der Waals surface area (Å²) >= 11 is 3.35. The van der Waals surface area contributed by atoms with Crippen LogP contribution in [-0.4, -0.2) is 30.9 Å². The normalized spacial score (nSPS) is 12.4. The van der Waals surface area contributed by atoms with Crippen LogP contribution in [0.25, 0.3) is 0 Å². The van der Waals surface area contributed by atoms with Crippen molar-refractivity contribution in [3.8, 4) is 0 Å². The molecule has 0 aliphatic heterocycles. The van der Waals surface area contributed by atoms with Crippen LogP contribution in [0.4, 0.5) is 0 Å². The van der Waals surface area contributed by atoms with Gasteiger partial charge in [0, 0.05) is 17.6 Å². The summed E-state index contributed by atoms with van der Waals surface area (Å²) in [5.41, 5.74) is 1.40. The van der Waals surface area contributed by atoms with E-state index in [2.05, 4.69) is 15.9 Å². The Morgan fingerprint density at radius 3 is 2.30 bits per heavy atom. The molecule has 0 atom stereocenters. The largest absolute Gasteiger partial charge is 0.392 e. The number of aryl methyl sites for hydroxylation is 1. The lowest BCUT2D eigenvalue weighted by atomic mass is 10.1. The van der Waals surface area contributed by atoms with Crippen molar-refractivity contribution >= 4 is 26.0 Å².